The van der Waals surface area contributed by atoms with Gasteiger partial charge in [0.05, 0.1) is 16.5 Å². The highest BCUT2D eigenvalue weighted by Gasteiger charge is 2.34. The molecule has 0 saturated carbocycles. The van der Waals surface area contributed by atoms with E-state index in [0.29, 0.717) is 27.7 Å². The van der Waals surface area contributed by atoms with Crippen molar-refractivity contribution in [2.75, 3.05) is 6.54 Å². The van der Waals surface area contributed by atoms with E-state index in [1.165, 1.54) is 12.1 Å². The van der Waals surface area contributed by atoms with Crippen LogP contribution < -0.4 is 5.35 Å². The molecule has 1 aliphatic heterocycles. The van der Waals surface area contributed by atoms with Gasteiger partial charge in [-0.05, 0) is 29.7 Å². The molecule has 0 unspecified atom stereocenters. The number of aromatic nitrogens is 1. The van der Waals surface area contributed by atoms with Crippen LogP contribution in [-0.2, 0) is 26.3 Å². The molecular formula is C33H25N2O7S+. The molecule has 0 spiro atoms. The second-order valence-electron chi connectivity index (χ2n) is 9.99. The number of carbonyl (C=O) groups is 2. The number of nitrogens with zero attached hydrogens (tertiary/aromatic N) is 2. The van der Waals surface area contributed by atoms with Gasteiger partial charge in [0, 0.05) is 33.7 Å². The summed E-state index contributed by atoms with van der Waals surface area (Å²) in [5.41, 5.74) is 2.62. The van der Waals surface area contributed by atoms with Crippen molar-refractivity contribution in [2.24, 2.45) is 0 Å². The number of aliphatic carboxylic acids is 2. The predicted octanol–water partition coefficient (Wildman–Crippen LogP) is 4.68. The fraction of sp³-hybridized carbons (Fsp3) is 0.0606. The molecule has 10 heteroatoms. The molecule has 1 aliphatic rings. The number of carboxylic acids is 2. The molecule has 214 valence electrons. The Bertz CT molecular complexity index is 2270. The van der Waals surface area contributed by atoms with Gasteiger partial charge in [-0.15, -0.1) is 0 Å². The standard InChI is InChI=1S/C33H24N2O7S/c36-30(37)19-34-25(22-11-6-9-21-10-7-16-27(34)32(21)22)14-4-2-1-3-5-15-26-23-12-8-13-24-29(43(40,41)42)18-17-28(33(23)24)35(26)20-31(38)39/h1-18H,19-20H2,(H2-,36,37,38,39,40,41,42)/p+1. The molecule has 2 heterocycles. The first-order valence-electron chi connectivity index (χ1n) is 13.3. The van der Waals surface area contributed by atoms with Crippen molar-refractivity contribution < 1.29 is 37.3 Å². The highest BCUT2D eigenvalue weighted by Crippen LogP contribution is 2.38. The summed E-state index contributed by atoms with van der Waals surface area (Å²) < 4.78 is 37.0. The fourth-order valence-corrected chi connectivity index (χ4v) is 6.48. The van der Waals surface area contributed by atoms with Gasteiger partial charge in [0.2, 0.25) is 17.9 Å². The van der Waals surface area contributed by atoms with Gasteiger partial charge in [0.15, 0.2) is 0 Å². The summed E-state index contributed by atoms with van der Waals surface area (Å²) in [5.74, 6) is -1.99. The molecule has 0 atom stereocenters. The number of allylic oxidation sites excluding steroid dienone is 6. The quantitative estimate of drug-likeness (QED) is 0.128. The van der Waals surface area contributed by atoms with E-state index in [2.05, 4.69) is 0 Å². The fourth-order valence-electron chi connectivity index (χ4n) is 5.79. The van der Waals surface area contributed by atoms with Gasteiger partial charge in [0.1, 0.15) is 11.4 Å². The molecule has 0 bridgehead atoms. The van der Waals surface area contributed by atoms with Gasteiger partial charge in [-0.1, -0.05) is 72.8 Å². The van der Waals surface area contributed by atoms with Gasteiger partial charge in [-0.25, -0.2) is 4.79 Å². The van der Waals surface area contributed by atoms with Crippen molar-refractivity contribution in [2.45, 2.75) is 11.4 Å². The summed E-state index contributed by atoms with van der Waals surface area (Å²) in [5, 5.41) is 23.7. The van der Waals surface area contributed by atoms with E-state index < -0.39 is 22.1 Å². The molecule has 1 aromatic heterocycles. The zero-order chi connectivity index (χ0) is 30.3. The normalized spacial score (nSPS) is 14.2. The van der Waals surface area contributed by atoms with Gasteiger partial charge in [-0.3, -0.25) is 9.35 Å². The zero-order valence-electron chi connectivity index (χ0n) is 22.6. The Labute approximate surface area is 245 Å². The average Bonchev–Trinajstić information content (AvgIpc) is 3.41. The van der Waals surface area contributed by atoms with E-state index in [1.807, 2.05) is 54.6 Å². The molecule has 9 nitrogen and oxygen atoms in total. The van der Waals surface area contributed by atoms with Crippen molar-refractivity contribution >= 4 is 72.0 Å². The van der Waals surface area contributed by atoms with Crippen molar-refractivity contribution in [1.29, 1.82) is 0 Å². The van der Waals surface area contributed by atoms with Crippen LogP contribution in [0.1, 0.15) is 5.56 Å². The van der Waals surface area contributed by atoms with E-state index >= 15 is 0 Å². The topological polar surface area (TPSA) is 137 Å². The molecule has 0 aliphatic carbocycles. The van der Waals surface area contributed by atoms with Crippen molar-refractivity contribution in [1.82, 2.24) is 4.57 Å². The van der Waals surface area contributed by atoms with Gasteiger partial charge < -0.3 is 14.8 Å². The second-order valence-corrected chi connectivity index (χ2v) is 11.4. The molecule has 5 aromatic rings. The van der Waals surface area contributed by atoms with Crippen molar-refractivity contribution in [3.05, 3.63) is 114 Å². The molecule has 6 rings (SSSR count). The molecule has 0 amide bonds. The molecular weight excluding hydrogens is 568 g/mol. The minimum Gasteiger partial charge on any atom is -0.480 e. The van der Waals surface area contributed by atoms with E-state index in [4.69, 9.17) is 0 Å². The highest BCUT2D eigenvalue weighted by atomic mass is 32.2. The van der Waals surface area contributed by atoms with Gasteiger partial charge >= 0.3 is 11.9 Å². The largest absolute Gasteiger partial charge is 0.480 e. The second kappa shape index (κ2) is 10.8. The molecule has 0 radical (unpaired) electrons. The number of hydrogen-bond donors (Lipinski definition) is 3. The lowest BCUT2D eigenvalue weighted by atomic mass is 10.0. The predicted molar refractivity (Wildman–Crippen MR) is 164 cm³/mol. The van der Waals surface area contributed by atoms with E-state index in [9.17, 15) is 32.8 Å². The Morgan fingerprint density at radius 2 is 1.49 bits per heavy atom. The minimum atomic E-state index is -4.48. The first-order valence-corrected chi connectivity index (χ1v) is 14.7. The van der Waals surface area contributed by atoms with Gasteiger partial charge in [0.25, 0.3) is 10.1 Å². The van der Waals surface area contributed by atoms with Crippen LogP contribution in [-0.4, -0.2) is 56.5 Å². The average molecular weight is 594 g/mol. The lowest BCUT2D eigenvalue weighted by molar-refractivity contribution is -0.425. The van der Waals surface area contributed by atoms with E-state index in [0.717, 1.165) is 27.0 Å². The summed E-state index contributed by atoms with van der Waals surface area (Å²) in [4.78, 5) is 23.1. The first-order chi connectivity index (χ1) is 20.6. The third kappa shape index (κ3) is 5.03. The third-order valence-electron chi connectivity index (χ3n) is 7.39. The molecule has 4 aromatic carbocycles. The summed E-state index contributed by atoms with van der Waals surface area (Å²) in [7, 11) is -4.48. The SMILES string of the molecule is O=C(O)Cn1/c(=C/C=C/C=C/C=C/C2=[N+](CC(=O)O)c3ccc(S(=O)(=O)O)c4cccc2c34)c2cccc3cccc1c32. The maximum Gasteiger partial charge on any atom is 0.370 e. The lowest BCUT2D eigenvalue weighted by Gasteiger charge is -2.04. The van der Waals surface area contributed by atoms with E-state index in [1.54, 1.807) is 51.6 Å². The zero-order valence-corrected chi connectivity index (χ0v) is 23.4. The molecule has 3 N–H and O–H groups in total. The maximum absolute atomic E-state index is 12.0. The molecule has 0 fully saturated rings. The minimum absolute atomic E-state index is 0.168. The number of rotatable bonds is 9. The summed E-state index contributed by atoms with van der Waals surface area (Å²) >= 11 is 0. The molecule has 0 saturated heterocycles. The first kappa shape index (κ1) is 27.8. The lowest BCUT2D eigenvalue weighted by Crippen LogP contribution is -2.20. The summed E-state index contributed by atoms with van der Waals surface area (Å²) in [6.45, 7) is -0.508. The van der Waals surface area contributed by atoms with Crippen LogP contribution >= 0.6 is 0 Å². The van der Waals surface area contributed by atoms with Crippen LogP contribution in [0.5, 0.6) is 0 Å². The van der Waals surface area contributed by atoms with Crippen LogP contribution in [0.3, 0.4) is 0 Å². The van der Waals surface area contributed by atoms with Gasteiger partial charge in [-0.2, -0.15) is 13.0 Å². The number of hydrogen-bond acceptors (Lipinski definition) is 4. The van der Waals surface area contributed by atoms with Crippen molar-refractivity contribution in [3.8, 4) is 0 Å². The smallest absolute Gasteiger partial charge is 0.370 e. The summed E-state index contributed by atoms with van der Waals surface area (Å²) in [6.07, 6.45) is 12.6. The molecule has 43 heavy (non-hydrogen) atoms. The Balaban J connectivity index is 1.33. The number of carboxylic acid groups (broad SMARTS) is 2. The monoisotopic (exact) mass is 593 g/mol. The van der Waals surface area contributed by atoms with Crippen LogP contribution in [0, 0.1) is 0 Å². The Morgan fingerprint density at radius 1 is 0.791 bits per heavy atom. The van der Waals surface area contributed by atoms with Crippen molar-refractivity contribution in [3.63, 3.8) is 0 Å². The summed E-state index contributed by atoms with van der Waals surface area (Å²) in [6, 6.07) is 19.6. The Morgan fingerprint density at radius 3 is 2.23 bits per heavy atom. The van der Waals surface area contributed by atoms with Crippen LogP contribution in [0.2, 0.25) is 0 Å². The van der Waals surface area contributed by atoms with Crippen LogP contribution in [0.15, 0.2) is 108 Å². The highest BCUT2D eigenvalue weighted by molar-refractivity contribution is 7.86. The number of benzene rings is 4. The van der Waals surface area contributed by atoms with Crippen LogP contribution in [0.4, 0.5) is 5.69 Å². The maximum atomic E-state index is 12.0. The Hall–Kier alpha value is -5.32. The third-order valence-corrected chi connectivity index (χ3v) is 8.31. The Kier molecular flexibility index (Phi) is 7.01. The van der Waals surface area contributed by atoms with Crippen LogP contribution in [0.25, 0.3) is 38.5 Å². The van der Waals surface area contributed by atoms with E-state index in [-0.39, 0.29) is 18.0 Å².